The summed E-state index contributed by atoms with van der Waals surface area (Å²) in [6.07, 6.45) is 10.2. The van der Waals surface area contributed by atoms with E-state index in [1.807, 2.05) is 0 Å². The first-order chi connectivity index (χ1) is 12.7. The van der Waals surface area contributed by atoms with E-state index in [9.17, 15) is 0 Å². The quantitative estimate of drug-likeness (QED) is 0.290. The van der Waals surface area contributed by atoms with E-state index in [0.717, 1.165) is 12.8 Å². The van der Waals surface area contributed by atoms with E-state index in [0.29, 0.717) is 0 Å². The van der Waals surface area contributed by atoms with Crippen LogP contribution in [0.5, 0.6) is 0 Å². The molecule has 26 heavy (non-hydrogen) atoms. The first-order valence-electron chi connectivity index (χ1n) is 10.9. The first-order valence-corrected chi connectivity index (χ1v) is 18.4. The van der Waals surface area contributed by atoms with Gasteiger partial charge in [0.1, 0.15) is 0 Å². The van der Waals surface area contributed by atoms with Crippen molar-refractivity contribution in [2.45, 2.75) is 85.4 Å². The fourth-order valence-electron chi connectivity index (χ4n) is 4.00. The fraction of sp³-hybridized carbons (Fsp3) is 0.583. The Morgan fingerprint density at radius 3 is 1.81 bits per heavy atom. The molecule has 144 valence electrons. The van der Waals surface area contributed by atoms with Crippen molar-refractivity contribution in [1.82, 2.24) is 0 Å². The molecule has 0 radical (unpaired) electrons. The molecule has 2 aromatic rings. The zero-order chi connectivity index (χ0) is 18.7. The average molecular weight is 461 g/mol. The van der Waals surface area contributed by atoms with E-state index < -0.39 is 18.4 Å². The molecular formula is C24H38OSn. The van der Waals surface area contributed by atoms with Gasteiger partial charge < -0.3 is 0 Å². The molecule has 1 aromatic heterocycles. The zero-order valence-corrected chi connectivity index (χ0v) is 20.1. The molecular weight excluding hydrogens is 423 g/mol. The second-order valence-corrected chi connectivity index (χ2v) is 20.8. The predicted octanol–water partition coefficient (Wildman–Crippen LogP) is 7.12. The van der Waals surface area contributed by atoms with Crippen LogP contribution in [0.3, 0.4) is 0 Å². The normalized spacial score (nSPS) is 11.8. The molecule has 0 saturated heterocycles. The molecule has 0 spiro atoms. The Bertz CT molecular complexity index is 580. The number of unbranched alkanes of at least 4 members (excludes halogenated alkanes) is 3. The van der Waals surface area contributed by atoms with E-state index in [-0.39, 0.29) is 0 Å². The Labute approximate surface area is 165 Å². The molecule has 0 aliphatic carbocycles. The number of aryl methyl sites for hydroxylation is 2. The summed E-state index contributed by atoms with van der Waals surface area (Å²) in [5.74, 6) is 1.20. The van der Waals surface area contributed by atoms with Crippen molar-refractivity contribution in [2.24, 2.45) is 0 Å². The summed E-state index contributed by atoms with van der Waals surface area (Å²) in [6.45, 7) is 7.01. The van der Waals surface area contributed by atoms with Crippen LogP contribution in [0.1, 0.15) is 70.6 Å². The molecule has 0 saturated carbocycles. The minimum absolute atomic E-state index is 1.03. The summed E-state index contributed by atoms with van der Waals surface area (Å²) in [6, 6.07) is 15.5. The van der Waals surface area contributed by atoms with Crippen molar-refractivity contribution < 1.29 is 4.42 Å². The van der Waals surface area contributed by atoms with Crippen molar-refractivity contribution in [3.8, 4) is 0 Å². The maximum atomic E-state index is 6.56. The van der Waals surface area contributed by atoms with Gasteiger partial charge in [-0.3, -0.25) is 0 Å². The third kappa shape index (κ3) is 6.47. The van der Waals surface area contributed by atoms with E-state index in [2.05, 4.69) is 63.2 Å². The summed E-state index contributed by atoms with van der Waals surface area (Å²) < 4.78 is 12.5. The van der Waals surface area contributed by atoms with Crippen LogP contribution in [0.4, 0.5) is 0 Å². The second-order valence-electron chi connectivity index (χ2n) is 7.84. The van der Waals surface area contributed by atoms with Crippen LogP contribution in [0.2, 0.25) is 13.3 Å². The SMILES string of the molecule is CCC[CH2][Sn]([CH2]CCC)([CH2]CCC)[c]1ccc(CCc2ccccc2)o1. The van der Waals surface area contributed by atoms with Crippen LogP contribution in [0.25, 0.3) is 0 Å². The predicted molar refractivity (Wildman–Crippen MR) is 117 cm³/mol. The topological polar surface area (TPSA) is 13.1 Å². The Kier molecular flexibility index (Phi) is 9.88. The Balaban J connectivity index is 2.13. The molecule has 2 heteroatoms. The van der Waals surface area contributed by atoms with Gasteiger partial charge in [0.2, 0.25) is 0 Å². The number of hydrogen-bond acceptors (Lipinski definition) is 1. The van der Waals surface area contributed by atoms with Gasteiger partial charge in [0.15, 0.2) is 0 Å². The van der Waals surface area contributed by atoms with Crippen molar-refractivity contribution >= 4 is 22.2 Å². The first kappa shape index (κ1) is 21.6. The summed E-state index contributed by atoms with van der Waals surface area (Å²) in [5.41, 5.74) is 1.41. The number of furan rings is 1. The van der Waals surface area contributed by atoms with Gasteiger partial charge >= 0.3 is 166 Å². The Morgan fingerprint density at radius 1 is 0.692 bits per heavy atom. The maximum absolute atomic E-state index is 6.56. The van der Waals surface area contributed by atoms with Crippen LogP contribution in [0, 0.1) is 0 Å². The monoisotopic (exact) mass is 462 g/mol. The molecule has 0 N–H and O–H groups in total. The van der Waals surface area contributed by atoms with Crippen molar-refractivity contribution in [1.29, 1.82) is 0 Å². The van der Waals surface area contributed by atoms with Crippen LogP contribution in [-0.4, -0.2) is 18.4 Å². The van der Waals surface area contributed by atoms with Gasteiger partial charge in [-0.2, -0.15) is 0 Å². The van der Waals surface area contributed by atoms with Crippen molar-refractivity contribution in [3.05, 3.63) is 53.8 Å². The van der Waals surface area contributed by atoms with Crippen molar-refractivity contribution in [3.63, 3.8) is 0 Å². The Hall–Kier alpha value is -0.701. The molecule has 0 aliphatic rings. The number of hydrogen-bond donors (Lipinski definition) is 0. The van der Waals surface area contributed by atoms with Crippen LogP contribution in [-0.2, 0) is 12.8 Å². The van der Waals surface area contributed by atoms with Crippen molar-refractivity contribution in [2.75, 3.05) is 0 Å². The van der Waals surface area contributed by atoms with Gasteiger partial charge in [0, 0.05) is 0 Å². The molecule has 1 heterocycles. The van der Waals surface area contributed by atoms with E-state index in [1.165, 1.54) is 66.9 Å². The summed E-state index contributed by atoms with van der Waals surface area (Å²) in [7, 11) is 0. The van der Waals surface area contributed by atoms with Gasteiger partial charge in [-0.1, -0.05) is 0 Å². The van der Waals surface area contributed by atoms with Crippen LogP contribution in [0.15, 0.2) is 46.9 Å². The van der Waals surface area contributed by atoms with Gasteiger partial charge in [0.05, 0.1) is 0 Å². The summed E-state index contributed by atoms with van der Waals surface area (Å²) in [4.78, 5) is 0. The molecule has 1 aromatic carbocycles. The number of benzene rings is 1. The van der Waals surface area contributed by atoms with Gasteiger partial charge in [0.25, 0.3) is 0 Å². The zero-order valence-electron chi connectivity index (χ0n) is 17.2. The average Bonchev–Trinajstić information content (AvgIpc) is 3.16. The third-order valence-electron chi connectivity index (χ3n) is 5.71. The molecule has 1 nitrogen and oxygen atoms in total. The minimum atomic E-state index is -2.38. The molecule has 0 fully saturated rings. The molecule has 2 rings (SSSR count). The van der Waals surface area contributed by atoms with Crippen LogP contribution >= 0.6 is 0 Å². The third-order valence-corrected chi connectivity index (χ3v) is 20.7. The molecule has 0 aliphatic heterocycles. The summed E-state index contributed by atoms with van der Waals surface area (Å²) in [5, 5.41) is 0. The molecule has 0 amide bonds. The number of rotatable bonds is 13. The Morgan fingerprint density at radius 2 is 1.27 bits per heavy atom. The fourth-order valence-corrected chi connectivity index (χ4v) is 19.3. The molecule has 0 bridgehead atoms. The van der Waals surface area contributed by atoms with E-state index >= 15 is 0 Å². The van der Waals surface area contributed by atoms with Gasteiger partial charge in [-0.05, 0) is 0 Å². The van der Waals surface area contributed by atoms with E-state index in [1.54, 1.807) is 0 Å². The summed E-state index contributed by atoms with van der Waals surface area (Å²) >= 11 is -2.38. The van der Waals surface area contributed by atoms with E-state index in [4.69, 9.17) is 4.42 Å². The molecule has 0 atom stereocenters. The van der Waals surface area contributed by atoms with Gasteiger partial charge in [-0.25, -0.2) is 0 Å². The van der Waals surface area contributed by atoms with Gasteiger partial charge in [-0.15, -0.1) is 0 Å². The standard InChI is InChI=1S/C12H11O.3C4H9.Sn/c1-2-5-11(6-3-1)8-9-12-7-4-10-13-12;3*1-3-4-2;/h1-7H,8-9H2;3*1,3-4H2,2H3;. The molecule has 0 unspecified atom stereocenters. The van der Waals surface area contributed by atoms with Crippen LogP contribution < -0.4 is 3.78 Å². The second kappa shape index (κ2) is 11.9.